The maximum Gasteiger partial charge on any atom is 0.246 e. The van der Waals surface area contributed by atoms with Crippen LogP contribution < -0.4 is 59.7 Å². The fourth-order valence-corrected chi connectivity index (χ4v) is 17.4. The quantitative estimate of drug-likeness (QED) is 0.0187. The van der Waals surface area contributed by atoms with Crippen molar-refractivity contribution >= 4 is 140 Å². The Morgan fingerprint density at radius 3 is 1.72 bits per heavy atom. The van der Waals surface area contributed by atoms with Crippen LogP contribution in [0.3, 0.4) is 0 Å². The standard InChI is InChI=1S/C92H129N21O19S/c1-10-12-29-72-76(117)39-55(24-21-33-98-92(95)96)83(124)108-71(75(116)31-32-78(93)119)49-133-50-81(122)103-67(35-54-22-15-14-16-23-54)88(129)110(7)53(5)82(123)104-69(42-79(94)120)90(131)113-46-60(115)41-74(113)77(118)40-56(36-59-45-97-51-101-59)84(125)105-66(34-52(3)4)87(128)109(6)47-80(121)102-65(37-57-43-99-63-27-19-17-25-61(57)63)85(126)107-70(48-114)86(127)106-68(38-58-44-100-64-28-20-18-26-62(58)64)89(130)112(9)73(30-13-11-2)91(132)111(72)8/h14-20,22-23,25-28,43-45,51-53,55-56,60,65-74,99-100,114-115H,10-13,21,24,29-42,46-50H2,1-9H3,(H2,93,119)(H2,94,120)(H,97,101)(H,102,121)(H,103,122)(H,104,123)(H,105,125)(H,106,127)(H,107,126)(H,108,124)(H4,95,96,98)/t53-,55+,56+,60+,65-,66-,67-,68-,69-,70-,71-,72-,73-,74?/m0/s1. The van der Waals surface area contributed by atoms with Gasteiger partial charge in [-0.3, -0.25) is 86.9 Å². The van der Waals surface area contributed by atoms with Gasteiger partial charge in [0.2, 0.25) is 82.7 Å². The van der Waals surface area contributed by atoms with Crippen LogP contribution in [0.1, 0.15) is 153 Å². The van der Waals surface area contributed by atoms with E-state index in [-0.39, 0.29) is 82.4 Å². The van der Waals surface area contributed by atoms with Crippen LogP contribution in [0.5, 0.6) is 0 Å². The number of benzene rings is 3. The lowest BCUT2D eigenvalue weighted by atomic mass is 9.90. The molecule has 0 aliphatic carbocycles. The number of nitrogens with zero attached hydrogens (tertiary/aromatic N) is 6. The Labute approximate surface area is 776 Å². The number of nitrogens with two attached hydrogens (primary N) is 3. The molecular weight excluding hydrogens is 1740 g/mol. The van der Waals surface area contributed by atoms with Crippen molar-refractivity contribution in [1.82, 2.24) is 87.0 Å². The number of amides is 14. The number of aromatic nitrogens is 4. The molecule has 722 valence electrons. The number of carbonyl (C=O) groups excluding carboxylic acids is 17. The number of ketones is 3. The number of para-hydroxylation sites is 2. The monoisotopic (exact) mass is 1860 g/mol. The van der Waals surface area contributed by atoms with Gasteiger partial charge in [-0.25, -0.2) is 4.98 Å². The molecule has 2 fully saturated rings. The summed E-state index contributed by atoms with van der Waals surface area (Å²) in [5.41, 5.74) is 20.1. The lowest BCUT2D eigenvalue weighted by molar-refractivity contribution is -0.149. The van der Waals surface area contributed by atoms with E-state index in [1.807, 2.05) is 13.8 Å². The zero-order valence-corrected chi connectivity index (χ0v) is 77.6. The summed E-state index contributed by atoms with van der Waals surface area (Å²) in [4.78, 5) is 268. The molecule has 40 nitrogen and oxygen atoms in total. The Morgan fingerprint density at radius 2 is 1.12 bits per heavy atom. The third-order valence-electron chi connectivity index (χ3n) is 24.0. The van der Waals surface area contributed by atoms with Crippen LogP contribution in [0.4, 0.5) is 0 Å². The first-order chi connectivity index (χ1) is 63.3. The van der Waals surface area contributed by atoms with Gasteiger partial charge in [0.05, 0.1) is 61.8 Å². The van der Waals surface area contributed by atoms with E-state index in [2.05, 4.69) is 62.5 Å². The number of imidazole rings is 1. The number of thioether (sulfide) groups is 1. The van der Waals surface area contributed by atoms with Crippen molar-refractivity contribution in [3.05, 3.63) is 126 Å². The summed E-state index contributed by atoms with van der Waals surface area (Å²) in [5, 5.41) is 53.0. The van der Waals surface area contributed by atoms with Crippen molar-refractivity contribution in [2.45, 2.75) is 229 Å². The van der Waals surface area contributed by atoms with Gasteiger partial charge in [-0.2, -0.15) is 0 Å². The smallest absolute Gasteiger partial charge is 0.246 e. The molecule has 0 radical (unpaired) electrons. The van der Waals surface area contributed by atoms with Crippen molar-refractivity contribution < 1.29 is 91.7 Å². The molecule has 0 saturated carbocycles. The summed E-state index contributed by atoms with van der Waals surface area (Å²) in [5.74, 6) is -18.8. The highest BCUT2D eigenvalue weighted by Crippen LogP contribution is 2.29. The average Bonchev–Trinajstić information content (AvgIpc) is 1.43. The van der Waals surface area contributed by atoms with Gasteiger partial charge in [0.15, 0.2) is 23.3 Å². The number of Topliss-reactive ketones (excluding diaryl/α,β-unsaturated/α-hetero) is 3. The molecule has 2 saturated heterocycles. The molecule has 2 aliphatic rings. The van der Waals surface area contributed by atoms with Gasteiger partial charge in [-0.15, -0.1) is 11.8 Å². The van der Waals surface area contributed by atoms with E-state index in [1.165, 1.54) is 57.4 Å². The van der Waals surface area contributed by atoms with E-state index in [4.69, 9.17) is 22.6 Å². The van der Waals surface area contributed by atoms with Crippen LogP contribution in [0.2, 0.25) is 0 Å². The molecule has 6 aromatic rings. The molecule has 3 aromatic carbocycles. The maximum atomic E-state index is 15.7. The van der Waals surface area contributed by atoms with Gasteiger partial charge in [0.25, 0.3) is 0 Å². The highest BCUT2D eigenvalue weighted by atomic mass is 32.2. The number of hydrogen-bond acceptors (Lipinski definition) is 22. The first-order valence-corrected chi connectivity index (χ1v) is 46.1. The zero-order valence-electron chi connectivity index (χ0n) is 76.8. The number of guanidine groups is 1. The SMILES string of the molecule is CCCC[C@H]1C(=O)N(C)[C@@H](CCCC)C(=O)C[C@@H](CCCNC(=N)N)C(=O)N[C@H](C(=O)CCC(N)=O)CSCC(=O)N[C@@H](Cc2ccccc2)C(=O)N(C)[C@@H](C)C(=O)N[C@@H](CC(N)=O)C(=O)N2C[C@H](O)CC2C(=O)C[C@@H](Cc2cnc[nH]2)C(=O)N[C@@H](CC(C)C)C(=O)N(C)CC(=O)N[C@@H](Cc2c[nH]c3ccccc23)C(=O)N[C@@H](CO)C(=O)N[C@@H](Cc2c[nH]c3ccccc23)C(=O)N1C. The fourth-order valence-electron chi connectivity index (χ4n) is 16.5. The highest BCUT2D eigenvalue weighted by Gasteiger charge is 2.46. The molecule has 41 heteroatoms. The fraction of sp³-hybridized carbons (Fsp3) is 0.533. The van der Waals surface area contributed by atoms with Crippen LogP contribution >= 0.6 is 11.8 Å². The minimum Gasteiger partial charge on any atom is -0.394 e. The van der Waals surface area contributed by atoms with Crippen molar-refractivity contribution in [1.29, 1.82) is 5.41 Å². The number of hydrogen-bond donors (Lipinski definition) is 17. The molecule has 14 atom stereocenters. The lowest BCUT2D eigenvalue weighted by Gasteiger charge is -2.36. The summed E-state index contributed by atoms with van der Waals surface area (Å²) in [6.07, 6.45) is 2.32. The number of carbonyl (C=O) groups is 17. The Balaban J connectivity index is 1.19. The van der Waals surface area contributed by atoms with E-state index in [9.17, 15) is 63.0 Å². The molecule has 0 spiro atoms. The molecule has 133 heavy (non-hydrogen) atoms. The number of unbranched alkanes of at least 4 members (excludes halogenated alkanes) is 2. The molecule has 14 amide bonds. The number of aliphatic hydroxyl groups is 2. The molecule has 3 aromatic heterocycles. The van der Waals surface area contributed by atoms with Gasteiger partial charge in [0.1, 0.15) is 48.3 Å². The van der Waals surface area contributed by atoms with Gasteiger partial charge < -0.3 is 109 Å². The lowest BCUT2D eigenvalue weighted by Crippen LogP contribution is -2.60. The third-order valence-corrected chi connectivity index (χ3v) is 25.1. The summed E-state index contributed by atoms with van der Waals surface area (Å²) >= 11 is 0.844. The number of primary amides is 2. The predicted molar refractivity (Wildman–Crippen MR) is 495 cm³/mol. The highest BCUT2D eigenvalue weighted by molar-refractivity contribution is 8.00. The summed E-state index contributed by atoms with van der Waals surface area (Å²) in [6.45, 7) is 6.27. The number of aliphatic hydroxyl groups excluding tert-OH is 2. The van der Waals surface area contributed by atoms with Gasteiger partial charge in [0, 0.05) is 157 Å². The molecule has 5 heterocycles. The molecule has 20 N–H and O–H groups in total. The summed E-state index contributed by atoms with van der Waals surface area (Å²) in [6, 6.07) is 5.97. The minimum atomic E-state index is -1.85. The van der Waals surface area contributed by atoms with Gasteiger partial charge >= 0.3 is 0 Å². The maximum absolute atomic E-state index is 15.7. The Bertz CT molecular complexity index is 5080. The van der Waals surface area contributed by atoms with Crippen LogP contribution in [0, 0.1) is 23.2 Å². The normalized spacial score (nSPS) is 24.1. The predicted octanol–water partition coefficient (Wildman–Crippen LogP) is 0.247. The molecule has 1 unspecified atom stereocenters. The second-order valence-corrected chi connectivity index (χ2v) is 35.8. The Kier molecular flexibility index (Phi) is 40.6. The molecule has 8 rings (SSSR count). The topological polar surface area (TPSA) is 605 Å². The van der Waals surface area contributed by atoms with Crippen molar-refractivity contribution in [3.63, 3.8) is 0 Å². The van der Waals surface area contributed by atoms with Crippen LogP contribution in [-0.4, -0.2) is 299 Å². The zero-order chi connectivity index (χ0) is 97.4. The number of fused-ring (bicyclic) bond motifs is 3. The van der Waals surface area contributed by atoms with Gasteiger partial charge in [-0.1, -0.05) is 120 Å². The molecular formula is C92H129N21O19S. The molecule has 0 bridgehead atoms. The van der Waals surface area contributed by atoms with E-state index < -0.39 is 248 Å². The number of rotatable bonds is 27. The van der Waals surface area contributed by atoms with E-state index in [0.717, 1.165) is 26.5 Å². The summed E-state index contributed by atoms with van der Waals surface area (Å²) in [7, 11) is 5.30. The first-order valence-electron chi connectivity index (χ1n) is 45.0. The average molecular weight is 1870 g/mol. The Morgan fingerprint density at radius 1 is 0.564 bits per heavy atom. The second kappa shape index (κ2) is 51.2. The van der Waals surface area contributed by atoms with Crippen LogP contribution in [0.15, 0.2) is 104 Å². The van der Waals surface area contributed by atoms with E-state index >= 15 is 28.8 Å². The largest absolute Gasteiger partial charge is 0.394 e. The third kappa shape index (κ3) is 30.8. The second-order valence-electron chi connectivity index (χ2n) is 34.7. The first kappa shape index (κ1) is 105. The van der Waals surface area contributed by atoms with Crippen molar-refractivity contribution in [2.75, 3.05) is 65.9 Å². The summed E-state index contributed by atoms with van der Waals surface area (Å²) < 4.78 is 0. The number of nitrogens with one attached hydrogen (secondary N) is 12. The minimum absolute atomic E-state index is 0.0290. The number of H-pyrrole nitrogens is 3. The number of likely N-dealkylation sites (N-methyl/N-ethyl adjacent to an activating group) is 4. The van der Waals surface area contributed by atoms with Crippen molar-refractivity contribution in [3.8, 4) is 0 Å². The van der Waals surface area contributed by atoms with Crippen molar-refractivity contribution in [2.24, 2.45) is 35.0 Å². The Hall–Kier alpha value is -12.9. The van der Waals surface area contributed by atoms with E-state index in [1.54, 1.807) is 105 Å². The molecule has 2 aliphatic heterocycles. The number of aromatic amines is 3. The van der Waals surface area contributed by atoms with Crippen LogP contribution in [0.25, 0.3) is 21.8 Å². The van der Waals surface area contributed by atoms with Crippen LogP contribution in [-0.2, 0) is 107 Å². The van der Waals surface area contributed by atoms with E-state index in [0.29, 0.717) is 69.9 Å². The van der Waals surface area contributed by atoms with Gasteiger partial charge in [-0.05, 0) is 73.8 Å².